The van der Waals surface area contributed by atoms with Gasteiger partial charge in [0.15, 0.2) is 0 Å². The van der Waals surface area contributed by atoms with Gasteiger partial charge in [-0.2, -0.15) is 0 Å². The molecule has 1 saturated heterocycles. The number of phenolic OH excluding ortho intramolecular Hbond substituents is 1. The highest BCUT2D eigenvalue weighted by Crippen LogP contribution is 2.45. The van der Waals surface area contributed by atoms with E-state index >= 15 is 0 Å². The van der Waals surface area contributed by atoms with Gasteiger partial charge >= 0.3 is 0 Å². The number of piperidine rings is 1. The predicted octanol–water partition coefficient (Wildman–Crippen LogP) is 2.88. The molecule has 4 unspecified atom stereocenters. The number of fused-ring (bicyclic) bond motifs is 2. The Hall–Kier alpha value is -1.02. The molecule has 2 nitrogen and oxygen atoms in total. The smallest absolute Gasteiger partial charge is 0.115 e. The second-order valence-corrected chi connectivity index (χ2v) is 5.77. The van der Waals surface area contributed by atoms with Crippen LogP contribution in [0.15, 0.2) is 24.3 Å². The fourth-order valence-electron chi connectivity index (χ4n) is 3.94. The summed E-state index contributed by atoms with van der Waals surface area (Å²) in [6, 6.07) is 8.62. The second kappa shape index (κ2) is 4.34. The summed E-state index contributed by atoms with van der Waals surface area (Å²) in [5.74, 6) is 2.56. The number of rotatable bonds is 1. The van der Waals surface area contributed by atoms with Crippen LogP contribution in [0.5, 0.6) is 5.75 Å². The Morgan fingerprint density at radius 1 is 1.29 bits per heavy atom. The zero-order valence-electron chi connectivity index (χ0n) is 10.4. The maximum absolute atomic E-state index is 9.64. The molecule has 0 spiro atoms. The number of nitrogens with one attached hydrogen (secondary N) is 1. The van der Waals surface area contributed by atoms with Gasteiger partial charge in [0.2, 0.25) is 0 Å². The van der Waals surface area contributed by atoms with E-state index in [-0.39, 0.29) is 0 Å². The van der Waals surface area contributed by atoms with Gasteiger partial charge in [0, 0.05) is 6.04 Å². The van der Waals surface area contributed by atoms with Gasteiger partial charge in [0.25, 0.3) is 0 Å². The SMILES string of the molecule is CC1CC2CC(CCN2)C1c1cccc(O)c1. The van der Waals surface area contributed by atoms with Crippen molar-refractivity contribution in [1.82, 2.24) is 5.32 Å². The Morgan fingerprint density at radius 2 is 2.18 bits per heavy atom. The van der Waals surface area contributed by atoms with Crippen LogP contribution in [0.1, 0.15) is 37.7 Å². The zero-order chi connectivity index (χ0) is 11.8. The third-order valence-corrected chi connectivity index (χ3v) is 4.57. The molecule has 1 aromatic carbocycles. The summed E-state index contributed by atoms with van der Waals surface area (Å²) < 4.78 is 0. The van der Waals surface area contributed by atoms with Crippen molar-refractivity contribution >= 4 is 0 Å². The third-order valence-electron chi connectivity index (χ3n) is 4.57. The van der Waals surface area contributed by atoms with Crippen molar-refractivity contribution in [1.29, 1.82) is 0 Å². The summed E-state index contributed by atoms with van der Waals surface area (Å²) in [4.78, 5) is 0. The third kappa shape index (κ3) is 2.06. The largest absolute Gasteiger partial charge is 0.508 e. The molecule has 1 heterocycles. The molecule has 0 radical (unpaired) electrons. The lowest BCUT2D eigenvalue weighted by Crippen LogP contribution is -2.46. The lowest BCUT2D eigenvalue weighted by Gasteiger charge is -2.45. The summed E-state index contributed by atoms with van der Waals surface area (Å²) in [6.07, 6.45) is 3.86. The summed E-state index contributed by atoms with van der Waals surface area (Å²) in [6.45, 7) is 3.53. The number of aromatic hydroxyl groups is 1. The van der Waals surface area contributed by atoms with Gasteiger partial charge in [-0.15, -0.1) is 0 Å². The highest BCUT2D eigenvalue weighted by molar-refractivity contribution is 5.31. The van der Waals surface area contributed by atoms with Gasteiger partial charge in [-0.1, -0.05) is 19.1 Å². The van der Waals surface area contributed by atoms with Crippen LogP contribution in [-0.2, 0) is 0 Å². The minimum absolute atomic E-state index is 0.408. The van der Waals surface area contributed by atoms with Crippen LogP contribution < -0.4 is 5.32 Å². The fraction of sp³-hybridized carbons (Fsp3) is 0.600. The molecule has 1 saturated carbocycles. The summed E-state index contributed by atoms with van der Waals surface area (Å²) >= 11 is 0. The topological polar surface area (TPSA) is 32.3 Å². The van der Waals surface area contributed by atoms with E-state index in [4.69, 9.17) is 0 Å². The number of hydrogen-bond acceptors (Lipinski definition) is 2. The first-order valence-corrected chi connectivity index (χ1v) is 6.76. The molecule has 1 aliphatic carbocycles. The average molecular weight is 231 g/mol. The van der Waals surface area contributed by atoms with Crippen LogP contribution >= 0.6 is 0 Å². The Labute approximate surface area is 103 Å². The normalized spacial score (nSPS) is 36.8. The van der Waals surface area contributed by atoms with E-state index in [1.165, 1.54) is 24.8 Å². The van der Waals surface area contributed by atoms with Crippen LogP contribution in [0.25, 0.3) is 0 Å². The lowest BCUT2D eigenvalue weighted by atomic mass is 9.65. The van der Waals surface area contributed by atoms with Crippen LogP contribution in [0.4, 0.5) is 0 Å². The average Bonchev–Trinajstić information content (AvgIpc) is 2.28. The van der Waals surface area contributed by atoms with Gasteiger partial charge in [-0.25, -0.2) is 0 Å². The number of hydrogen-bond donors (Lipinski definition) is 2. The Balaban J connectivity index is 1.90. The van der Waals surface area contributed by atoms with Gasteiger partial charge in [0.05, 0.1) is 0 Å². The van der Waals surface area contributed by atoms with E-state index in [2.05, 4.69) is 18.3 Å². The van der Waals surface area contributed by atoms with Gasteiger partial charge < -0.3 is 10.4 Å². The van der Waals surface area contributed by atoms with Gasteiger partial charge in [0.1, 0.15) is 5.75 Å². The molecule has 0 amide bonds. The second-order valence-electron chi connectivity index (χ2n) is 5.77. The van der Waals surface area contributed by atoms with Crippen molar-refractivity contribution in [2.75, 3.05) is 6.54 Å². The Kier molecular flexibility index (Phi) is 2.83. The fourth-order valence-corrected chi connectivity index (χ4v) is 3.94. The van der Waals surface area contributed by atoms with Gasteiger partial charge in [-0.05, 0) is 61.3 Å². The molecule has 92 valence electrons. The van der Waals surface area contributed by atoms with E-state index in [9.17, 15) is 5.11 Å². The van der Waals surface area contributed by atoms with Gasteiger partial charge in [-0.3, -0.25) is 0 Å². The van der Waals surface area contributed by atoms with Crippen molar-refractivity contribution in [2.24, 2.45) is 11.8 Å². The van der Waals surface area contributed by atoms with Crippen LogP contribution in [-0.4, -0.2) is 17.7 Å². The summed E-state index contributed by atoms with van der Waals surface area (Å²) in [5, 5.41) is 13.3. The monoisotopic (exact) mass is 231 g/mol. The van der Waals surface area contributed by atoms with Crippen molar-refractivity contribution in [3.05, 3.63) is 29.8 Å². The highest BCUT2D eigenvalue weighted by Gasteiger charge is 2.38. The first kappa shape index (κ1) is 11.1. The highest BCUT2D eigenvalue weighted by atomic mass is 16.3. The molecule has 1 aromatic rings. The minimum Gasteiger partial charge on any atom is -0.508 e. The number of benzene rings is 1. The molecule has 2 aliphatic rings. The molecule has 2 heteroatoms. The van der Waals surface area contributed by atoms with E-state index in [0.29, 0.717) is 17.6 Å². The molecule has 0 aromatic heterocycles. The molecular weight excluding hydrogens is 210 g/mol. The standard InChI is InChI=1S/C15H21NO/c1-10-7-13-8-12(5-6-16-13)15(10)11-3-2-4-14(17)9-11/h2-4,9-10,12-13,15-17H,5-8H2,1H3. The predicted molar refractivity (Wildman–Crippen MR) is 69.1 cm³/mol. The summed E-state index contributed by atoms with van der Waals surface area (Å²) in [5.41, 5.74) is 1.34. The maximum atomic E-state index is 9.64. The minimum atomic E-state index is 0.408. The van der Waals surface area contributed by atoms with Crippen molar-refractivity contribution in [2.45, 2.75) is 38.1 Å². The maximum Gasteiger partial charge on any atom is 0.115 e. The molecule has 2 bridgehead atoms. The quantitative estimate of drug-likeness (QED) is 0.779. The molecule has 4 atom stereocenters. The van der Waals surface area contributed by atoms with E-state index in [1.54, 1.807) is 6.07 Å². The molecule has 3 rings (SSSR count). The van der Waals surface area contributed by atoms with E-state index in [1.807, 2.05) is 12.1 Å². The van der Waals surface area contributed by atoms with Crippen LogP contribution in [0, 0.1) is 11.8 Å². The molecule has 2 N–H and O–H groups in total. The van der Waals surface area contributed by atoms with Crippen molar-refractivity contribution in [3.63, 3.8) is 0 Å². The van der Waals surface area contributed by atoms with E-state index in [0.717, 1.165) is 18.5 Å². The lowest BCUT2D eigenvalue weighted by molar-refractivity contribution is 0.145. The van der Waals surface area contributed by atoms with Crippen molar-refractivity contribution < 1.29 is 5.11 Å². The zero-order valence-corrected chi connectivity index (χ0v) is 10.4. The number of phenols is 1. The first-order chi connectivity index (χ1) is 8.24. The summed E-state index contributed by atoms with van der Waals surface area (Å²) in [7, 11) is 0. The molecule has 2 fully saturated rings. The Morgan fingerprint density at radius 3 is 3.00 bits per heavy atom. The van der Waals surface area contributed by atoms with Crippen LogP contribution in [0.3, 0.4) is 0 Å². The molecule has 1 aliphatic heterocycles. The first-order valence-electron chi connectivity index (χ1n) is 6.76. The molecule has 17 heavy (non-hydrogen) atoms. The Bertz CT molecular complexity index is 402. The van der Waals surface area contributed by atoms with Crippen molar-refractivity contribution in [3.8, 4) is 5.75 Å². The molecular formula is C15H21NO. The van der Waals surface area contributed by atoms with E-state index < -0.39 is 0 Å². The van der Waals surface area contributed by atoms with Crippen LogP contribution in [0.2, 0.25) is 0 Å².